The minimum atomic E-state index is -1.12. The zero-order valence-electron chi connectivity index (χ0n) is 21.3. The zero-order chi connectivity index (χ0) is 25.5. The maximum Gasteiger partial charge on any atom is 0.167 e. The van der Waals surface area contributed by atoms with E-state index < -0.39 is 23.5 Å². The quantitative estimate of drug-likeness (QED) is 0.418. The van der Waals surface area contributed by atoms with E-state index in [4.69, 9.17) is 10.2 Å². The molecule has 1 spiro atoms. The van der Waals surface area contributed by atoms with E-state index in [1.54, 1.807) is 0 Å². The molecule has 4 aliphatic carbocycles. The lowest BCUT2D eigenvalue weighted by atomic mass is 9.45. The van der Waals surface area contributed by atoms with Gasteiger partial charge in [-0.25, -0.2) is 0 Å². The van der Waals surface area contributed by atoms with E-state index in [9.17, 15) is 19.8 Å². The van der Waals surface area contributed by atoms with Crippen molar-refractivity contribution < 1.29 is 30.0 Å². The van der Waals surface area contributed by atoms with E-state index in [2.05, 4.69) is 13.2 Å². The summed E-state index contributed by atoms with van der Waals surface area (Å²) in [7, 11) is 2.00. The number of Topliss-reactive ketones (excluding diaryl/α,β-unsaturated/α-hetero) is 2. The van der Waals surface area contributed by atoms with Crippen LogP contribution in [-0.2, 0) is 9.59 Å². The lowest BCUT2D eigenvalue weighted by Crippen LogP contribution is -2.67. The van der Waals surface area contributed by atoms with Crippen LogP contribution in [-0.4, -0.2) is 58.4 Å². The molecule has 186 valence electrons. The van der Waals surface area contributed by atoms with Crippen molar-refractivity contribution in [2.45, 2.75) is 73.0 Å². The molecule has 4 saturated carbocycles. The molecule has 4 rings (SSSR count). The molecule has 4 N–H and O–H groups in total. The highest BCUT2D eigenvalue weighted by molar-refractivity contribution is 6.05. The maximum absolute atomic E-state index is 13.1. The van der Waals surface area contributed by atoms with Crippen molar-refractivity contribution in [1.82, 2.24) is 0 Å². The molecular weight excluding hydrogens is 408 g/mol. The molecule has 4 fully saturated rings. The van der Waals surface area contributed by atoms with Crippen LogP contribution < -0.4 is 0 Å². The summed E-state index contributed by atoms with van der Waals surface area (Å²) in [5.74, 6) is -0.988. The van der Waals surface area contributed by atoms with Gasteiger partial charge in [0.05, 0.1) is 17.6 Å². The Labute approximate surface area is 194 Å². The first-order chi connectivity index (χ1) is 15.2. The van der Waals surface area contributed by atoms with Crippen LogP contribution in [0.3, 0.4) is 0 Å². The average Bonchev–Trinajstić information content (AvgIpc) is 2.94. The number of hydrogen-bond acceptors (Lipinski definition) is 6. The van der Waals surface area contributed by atoms with Crippen LogP contribution in [0.25, 0.3) is 0 Å². The summed E-state index contributed by atoms with van der Waals surface area (Å²) in [6.07, 6.45) is -0.0406. The lowest BCUT2D eigenvalue weighted by Gasteiger charge is -2.59. The van der Waals surface area contributed by atoms with Gasteiger partial charge in [-0.3, -0.25) is 9.59 Å². The number of aliphatic hydroxyl groups is 4. The molecular formula is C26H46O6. The smallest absolute Gasteiger partial charge is 0.167 e. The van der Waals surface area contributed by atoms with Gasteiger partial charge in [-0.05, 0) is 54.1 Å². The Balaban J connectivity index is 0.00000109. The summed E-state index contributed by atoms with van der Waals surface area (Å²) in [4.78, 5) is 26.1. The molecule has 0 aliphatic heterocycles. The number of carbonyl (C=O) groups excluding carboxylic acids is 2. The predicted octanol–water partition coefficient (Wildman–Crippen LogP) is 3.18. The molecule has 0 saturated heterocycles. The highest BCUT2D eigenvalue weighted by Crippen LogP contribution is 2.66. The van der Waals surface area contributed by atoms with E-state index in [1.165, 1.54) is 0 Å². The largest absolute Gasteiger partial charge is 0.400 e. The molecule has 0 radical (unpaired) electrons. The van der Waals surface area contributed by atoms with Gasteiger partial charge in [0.25, 0.3) is 0 Å². The summed E-state index contributed by atoms with van der Waals surface area (Å²) in [6, 6.07) is 0. The van der Waals surface area contributed by atoms with Gasteiger partial charge in [0.2, 0.25) is 0 Å². The number of rotatable bonds is 0. The highest BCUT2D eigenvalue weighted by Gasteiger charge is 2.72. The Morgan fingerprint density at radius 2 is 1.41 bits per heavy atom. The van der Waals surface area contributed by atoms with E-state index in [-0.39, 0.29) is 41.2 Å². The fourth-order valence-electron chi connectivity index (χ4n) is 6.80. The van der Waals surface area contributed by atoms with Gasteiger partial charge in [-0.15, -0.1) is 0 Å². The van der Waals surface area contributed by atoms with Crippen molar-refractivity contribution in [1.29, 1.82) is 0 Å². The Morgan fingerprint density at radius 1 is 0.906 bits per heavy atom. The van der Waals surface area contributed by atoms with Crippen LogP contribution in [0.1, 0.15) is 60.8 Å². The van der Waals surface area contributed by atoms with Crippen LogP contribution in [0.5, 0.6) is 0 Å². The van der Waals surface area contributed by atoms with Crippen molar-refractivity contribution in [2.24, 2.45) is 40.9 Å². The lowest BCUT2D eigenvalue weighted by molar-refractivity contribution is -0.209. The Morgan fingerprint density at radius 3 is 1.91 bits per heavy atom. The molecule has 0 aromatic carbocycles. The van der Waals surface area contributed by atoms with Gasteiger partial charge < -0.3 is 20.4 Å². The molecule has 2 bridgehead atoms. The number of hydrogen-bond donors (Lipinski definition) is 4. The number of fused-ring (bicyclic) bond motifs is 3. The maximum atomic E-state index is 13.1. The van der Waals surface area contributed by atoms with Crippen molar-refractivity contribution in [3.8, 4) is 0 Å². The Hall–Kier alpha value is -1.34. The van der Waals surface area contributed by atoms with E-state index >= 15 is 0 Å². The number of aliphatic hydroxyl groups excluding tert-OH is 4. The molecule has 6 heteroatoms. The SMILES string of the molecule is C=C1CC(C)C2C(O)C(O)C34C(=O)C(=C)C(CCC3C2C1=O)C4C.CC.CC.CO.CO. The topological polar surface area (TPSA) is 115 Å². The first kappa shape index (κ1) is 30.7. The minimum absolute atomic E-state index is 0.00983. The second-order valence-electron chi connectivity index (χ2n) is 8.55. The number of carbonyl (C=O) groups is 2. The summed E-state index contributed by atoms with van der Waals surface area (Å²) in [5, 5.41) is 36.0. The van der Waals surface area contributed by atoms with Crippen LogP contribution in [0, 0.1) is 40.9 Å². The standard InChI is InChI=1S/C20H26O4.2C2H6.2CH4O/c1-8-7-9(2)16(21)15-13-6-5-12-10(3)18(23)20(13,11(12)4)19(24)17(22)14(8)15;4*1-2/h8,11-15,17,19,22,24H,2-3,5-7H2,1,4H3;2*1-2H3;2*2H,1H3. The van der Waals surface area contributed by atoms with Crippen LogP contribution in [0.4, 0.5) is 0 Å². The first-order valence-electron chi connectivity index (χ1n) is 12.0. The molecule has 4 aliphatic rings. The second-order valence-corrected chi connectivity index (χ2v) is 8.55. The van der Waals surface area contributed by atoms with Gasteiger partial charge in [-0.2, -0.15) is 0 Å². The molecule has 9 atom stereocenters. The minimum Gasteiger partial charge on any atom is -0.400 e. The van der Waals surface area contributed by atoms with Gasteiger partial charge in [-0.1, -0.05) is 54.7 Å². The van der Waals surface area contributed by atoms with E-state index in [0.717, 1.165) is 27.1 Å². The average molecular weight is 455 g/mol. The molecule has 0 heterocycles. The monoisotopic (exact) mass is 454 g/mol. The third kappa shape index (κ3) is 4.27. The highest BCUT2D eigenvalue weighted by atomic mass is 16.3. The Bertz CT molecular complexity index is 671. The molecule has 0 aromatic heterocycles. The first-order valence-corrected chi connectivity index (χ1v) is 12.0. The molecule has 0 amide bonds. The number of ketones is 2. The fraction of sp³-hybridized carbons (Fsp3) is 0.769. The van der Waals surface area contributed by atoms with Gasteiger partial charge in [0.15, 0.2) is 11.6 Å². The predicted molar refractivity (Wildman–Crippen MR) is 128 cm³/mol. The van der Waals surface area contributed by atoms with Crippen LogP contribution >= 0.6 is 0 Å². The van der Waals surface area contributed by atoms with Crippen molar-refractivity contribution in [2.75, 3.05) is 14.2 Å². The van der Waals surface area contributed by atoms with Crippen molar-refractivity contribution >= 4 is 11.6 Å². The van der Waals surface area contributed by atoms with Crippen LogP contribution in [0.2, 0.25) is 0 Å². The summed E-state index contributed by atoms with van der Waals surface area (Å²) in [5.41, 5.74) is 0.125. The van der Waals surface area contributed by atoms with E-state index in [0.29, 0.717) is 17.6 Å². The second kappa shape index (κ2) is 12.8. The third-order valence-corrected chi connectivity index (χ3v) is 7.82. The van der Waals surface area contributed by atoms with Crippen LogP contribution in [0.15, 0.2) is 24.3 Å². The van der Waals surface area contributed by atoms with Gasteiger partial charge >= 0.3 is 0 Å². The molecule has 6 nitrogen and oxygen atoms in total. The number of allylic oxidation sites excluding steroid dienone is 2. The molecule has 0 aromatic rings. The summed E-state index contributed by atoms with van der Waals surface area (Å²) < 4.78 is 0. The normalized spacial score (nSPS) is 41.1. The fourth-order valence-corrected chi connectivity index (χ4v) is 6.80. The molecule has 9 unspecified atom stereocenters. The van der Waals surface area contributed by atoms with Crippen molar-refractivity contribution in [3.63, 3.8) is 0 Å². The zero-order valence-corrected chi connectivity index (χ0v) is 21.3. The summed E-state index contributed by atoms with van der Waals surface area (Å²) >= 11 is 0. The Kier molecular flexibility index (Phi) is 12.2. The summed E-state index contributed by atoms with van der Waals surface area (Å²) in [6.45, 7) is 19.9. The third-order valence-electron chi connectivity index (χ3n) is 7.82. The van der Waals surface area contributed by atoms with Gasteiger partial charge in [0.1, 0.15) is 0 Å². The van der Waals surface area contributed by atoms with Gasteiger partial charge in [0, 0.05) is 26.1 Å². The van der Waals surface area contributed by atoms with E-state index in [1.807, 2.05) is 41.5 Å². The van der Waals surface area contributed by atoms with Crippen molar-refractivity contribution in [3.05, 3.63) is 24.3 Å². The molecule has 32 heavy (non-hydrogen) atoms.